The van der Waals surface area contributed by atoms with Crippen LogP contribution in [0.5, 0.6) is 0 Å². The standard InChI is InChI=1S/C20H20N2O2/c21-11-14-6-9-18-16(10-14)7-8-17(12-22-13-19(23)24)20(18)15-4-2-1-3-5-15/h1-6,9-10,17,20,22H,7-8,12-13H2,(H,23,24). The zero-order chi connectivity index (χ0) is 16.9. The van der Waals surface area contributed by atoms with E-state index in [9.17, 15) is 4.79 Å². The molecule has 1 aliphatic carbocycles. The van der Waals surface area contributed by atoms with Gasteiger partial charge in [-0.25, -0.2) is 0 Å². The van der Waals surface area contributed by atoms with Crippen molar-refractivity contribution in [1.82, 2.24) is 5.32 Å². The molecule has 24 heavy (non-hydrogen) atoms. The summed E-state index contributed by atoms with van der Waals surface area (Å²) in [6, 6.07) is 18.5. The predicted octanol–water partition coefficient (Wildman–Crippen LogP) is 2.93. The second kappa shape index (κ2) is 7.29. The van der Waals surface area contributed by atoms with Crippen LogP contribution in [0.2, 0.25) is 0 Å². The van der Waals surface area contributed by atoms with E-state index in [1.165, 1.54) is 16.7 Å². The van der Waals surface area contributed by atoms with Gasteiger partial charge in [-0.1, -0.05) is 36.4 Å². The Kier molecular flexibility index (Phi) is 4.93. The van der Waals surface area contributed by atoms with Gasteiger partial charge in [-0.05, 0) is 54.1 Å². The van der Waals surface area contributed by atoms with Crippen molar-refractivity contribution in [2.75, 3.05) is 13.1 Å². The largest absolute Gasteiger partial charge is 0.480 e. The minimum absolute atomic E-state index is 0.0156. The highest BCUT2D eigenvalue weighted by molar-refractivity contribution is 5.69. The molecule has 0 saturated carbocycles. The van der Waals surface area contributed by atoms with Crippen molar-refractivity contribution in [2.45, 2.75) is 18.8 Å². The van der Waals surface area contributed by atoms with Crippen LogP contribution in [0.25, 0.3) is 0 Å². The molecule has 0 amide bonds. The van der Waals surface area contributed by atoms with Gasteiger partial charge in [0, 0.05) is 5.92 Å². The molecule has 0 spiro atoms. The summed E-state index contributed by atoms with van der Waals surface area (Å²) in [4.78, 5) is 10.8. The van der Waals surface area contributed by atoms with Crippen molar-refractivity contribution in [3.63, 3.8) is 0 Å². The van der Waals surface area contributed by atoms with Crippen molar-refractivity contribution in [3.05, 3.63) is 70.8 Å². The second-order valence-corrected chi connectivity index (χ2v) is 6.24. The monoisotopic (exact) mass is 320 g/mol. The van der Waals surface area contributed by atoms with E-state index in [-0.39, 0.29) is 12.5 Å². The molecule has 0 aromatic heterocycles. The predicted molar refractivity (Wildman–Crippen MR) is 91.8 cm³/mol. The van der Waals surface area contributed by atoms with Gasteiger partial charge in [0.25, 0.3) is 0 Å². The maximum Gasteiger partial charge on any atom is 0.317 e. The Labute approximate surface area is 141 Å². The molecule has 0 bridgehead atoms. The lowest BCUT2D eigenvalue weighted by molar-refractivity contribution is -0.136. The van der Waals surface area contributed by atoms with Crippen LogP contribution in [-0.2, 0) is 11.2 Å². The molecule has 1 aliphatic rings. The van der Waals surface area contributed by atoms with E-state index in [0.29, 0.717) is 18.0 Å². The van der Waals surface area contributed by atoms with Crippen LogP contribution in [0.4, 0.5) is 0 Å². The number of hydrogen-bond acceptors (Lipinski definition) is 3. The SMILES string of the molecule is N#Cc1ccc2c(c1)CCC(CNCC(=O)O)C2c1ccccc1. The summed E-state index contributed by atoms with van der Waals surface area (Å²) >= 11 is 0. The van der Waals surface area contributed by atoms with Crippen LogP contribution in [0, 0.1) is 17.2 Å². The molecule has 2 atom stereocenters. The molecule has 4 nitrogen and oxygen atoms in total. The van der Waals surface area contributed by atoms with Crippen molar-refractivity contribution in [3.8, 4) is 6.07 Å². The number of carboxylic acid groups (broad SMARTS) is 1. The minimum atomic E-state index is -0.832. The fourth-order valence-electron chi connectivity index (χ4n) is 3.65. The van der Waals surface area contributed by atoms with E-state index in [4.69, 9.17) is 10.4 Å². The summed E-state index contributed by atoms with van der Waals surface area (Å²) in [5.41, 5.74) is 4.43. The Hall–Kier alpha value is -2.64. The van der Waals surface area contributed by atoms with E-state index in [2.05, 4.69) is 29.6 Å². The molecule has 3 rings (SSSR count). The lowest BCUT2D eigenvalue weighted by atomic mass is 9.71. The highest BCUT2D eigenvalue weighted by Gasteiger charge is 2.30. The summed E-state index contributed by atoms with van der Waals surface area (Å²) in [5, 5.41) is 21.0. The fraction of sp³-hybridized carbons (Fsp3) is 0.300. The number of benzene rings is 2. The first-order chi connectivity index (χ1) is 11.7. The number of carbonyl (C=O) groups is 1. The quantitative estimate of drug-likeness (QED) is 0.888. The first-order valence-corrected chi connectivity index (χ1v) is 8.19. The molecule has 2 aromatic carbocycles. The van der Waals surface area contributed by atoms with Crippen LogP contribution in [-0.4, -0.2) is 24.2 Å². The van der Waals surface area contributed by atoms with Crippen molar-refractivity contribution in [2.24, 2.45) is 5.92 Å². The summed E-state index contributed by atoms with van der Waals surface area (Å²) in [6.45, 7) is 0.656. The third-order valence-electron chi connectivity index (χ3n) is 4.70. The van der Waals surface area contributed by atoms with E-state index >= 15 is 0 Å². The van der Waals surface area contributed by atoms with Crippen LogP contribution in [0.1, 0.15) is 34.6 Å². The number of nitriles is 1. The zero-order valence-electron chi connectivity index (χ0n) is 13.4. The molecular formula is C20H20N2O2. The normalized spacial score (nSPS) is 19.3. The van der Waals surface area contributed by atoms with Crippen molar-refractivity contribution < 1.29 is 9.90 Å². The number of carboxylic acids is 1. The van der Waals surface area contributed by atoms with E-state index in [0.717, 1.165) is 12.8 Å². The van der Waals surface area contributed by atoms with E-state index < -0.39 is 5.97 Å². The molecule has 0 aliphatic heterocycles. The fourth-order valence-corrected chi connectivity index (χ4v) is 3.65. The average Bonchev–Trinajstić information content (AvgIpc) is 2.61. The smallest absolute Gasteiger partial charge is 0.317 e. The lowest BCUT2D eigenvalue weighted by Crippen LogP contribution is -2.34. The number of fused-ring (bicyclic) bond motifs is 1. The van der Waals surface area contributed by atoms with Gasteiger partial charge in [0.2, 0.25) is 0 Å². The summed E-state index contributed by atoms with van der Waals surface area (Å²) in [5.74, 6) is -0.266. The van der Waals surface area contributed by atoms with Crippen LogP contribution < -0.4 is 5.32 Å². The molecule has 4 heteroatoms. The Morgan fingerprint density at radius 1 is 1.25 bits per heavy atom. The van der Waals surface area contributed by atoms with Gasteiger partial charge in [-0.3, -0.25) is 4.79 Å². The highest BCUT2D eigenvalue weighted by atomic mass is 16.4. The van der Waals surface area contributed by atoms with Gasteiger partial charge in [0.05, 0.1) is 18.2 Å². The minimum Gasteiger partial charge on any atom is -0.480 e. The van der Waals surface area contributed by atoms with Gasteiger partial charge in [-0.15, -0.1) is 0 Å². The molecular weight excluding hydrogens is 300 g/mol. The Morgan fingerprint density at radius 2 is 2.04 bits per heavy atom. The maximum atomic E-state index is 10.8. The van der Waals surface area contributed by atoms with Crippen molar-refractivity contribution >= 4 is 5.97 Å². The molecule has 0 radical (unpaired) electrons. The summed E-state index contributed by atoms with van der Waals surface area (Å²) in [7, 11) is 0. The van der Waals surface area contributed by atoms with Gasteiger partial charge in [0.1, 0.15) is 0 Å². The van der Waals surface area contributed by atoms with Crippen LogP contribution in [0.3, 0.4) is 0 Å². The topological polar surface area (TPSA) is 73.1 Å². The number of aryl methyl sites for hydroxylation is 1. The molecule has 122 valence electrons. The number of nitrogens with one attached hydrogen (secondary N) is 1. The third kappa shape index (κ3) is 3.47. The number of rotatable bonds is 5. The third-order valence-corrected chi connectivity index (χ3v) is 4.70. The Bertz CT molecular complexity index is 765. The summed E-state index contributed by atoms with van der Waals surface area (Å²) in [6.07, 6.45) is 1.90. The Morgan fingerprint density at radius 3 is 2.75 bits per heavy atom. The van der Waals surface area contributed by atoms with E-state index in [1.807, 2.05) is 30.3 Å². The summed E-state index contributed by atoms with van der Waals surface area (Å²) < 4.78 is 0. The molecule has 0 fully saturated rings. The van der Waals surface area contributed by atoms with Crippen molar-refractivity contribution in [1.29, 1.82) is 5.26 Å². The first kappa shape index (κ1) is 16.2. The van der Waals surface area contributed by atoms with Gasteiger partial charge < -0.3 is 10.4 Å². The molecule has 2 N–H and O–H groups in total. The molecule has 0 heterocycles. The number of nitrogens with zero attached hydrogens (tertiary/aromatic N) is 1. The molecule has 2 unspecified atom stereocenters. The lowest BCUT2D eigenvalue weighted by Gasteiger charge is -2.34. The van der Waals surface area contributed by atoms with Crippen LogP contribution in [0.15, 0.2) is 48.5 Å². The number of hydrogen-bond donors (Lipinski definition) is 2. The molecule has 0 saturated heterocycles. The van der Waals surface area contributed by atoms with Gasteiger partial charge in [0.15, 0.2) is 0 Å². The highest BCUT2D eigenvalue weighted by Crippen LogP contribution is 2.40. The zero-order valence-corrected chi connectivity index (χ0v) is 13.4. The van der Waals surface area contributed by atoms with Gasteiger partial charge in [-0.2, -0.15) is 5.26 Å². The first-order valence-electron chi connectivity index (χ1n) is 8.19. The molecule has 2 aromatic rings. The maximum absolute atomic E-state index is 10.8. The van der Waals surface area contributed by atoms with Crippen LogP contribution >= 0.6 is 0 Å². The van der Waals surface area contributed by atoms with E-state index in [1.54, 1.807) is 0 Å². The number of aliphatic carboxylic acids is 1. The second-order valence-electron chi connectivity index (χ2n) is 6.24. The average molecular weight is 320 g/mol. The van der Waals surface area contributed by atoms with Gasteiger partial charge >= 0.3 is 5.97 Å². The Balaban J connectivity index is 1.93.